The Morgan fingerprint density at radius 2 is 1.96 bits per heavy atom. The van der Waals surface area contributed by atoms with Crippen molar-refractivity contribution in [3.63, 3.8) is 0 Å². The molecular weight excluding hydrogens is 380 g/mol. The van der Waals surface area contributed by atoms with E-state index < -0.39 is 0 Å². The zero-order valence-corrected chi connectivity index (χ0v) is 16.4. The molecule has 5 nitrogen and oxygen atoms in total. The summed E-state index contributed by atoms with van der Waals surface area (Å²) in [4.78, 5) is 12.3. The third-order valence-electron chi connectivity index (χ3n) is 4.26. The highest BCUT2D eigenvalue weighted by Crippen LogP contribution is 2.27. The molecule has 0 atom stereocenters. The molecule has 2 aromatic carbocycles. The average molecular weight is 397 g/mol. The summed E-state index contributed by atoms with van der Waals surface area (Å²) in [6, 6.07) is 15.6. The normalized spacial score (nSPS) is 11.2. The monoisotopic (exact) mass is 396 g/mol. The van der Waals surface area contributed by atoms with Gasteiger partial charge in [-0.2, -0.15) is 0 Å². The van der Waals surface area contributed by atoms with Crippen LogP contribution in [0.3, 0.4) is 0 Å². The maximum atomic E-state index is 12.3. The first-order valence-electron chi connectivity index (χ1n) is 8.45. The number of aromatic nitrogens is 3. The van der Waals surface area contributed by atoms with E-state index in [4.69, 9.17) is 11.6 Å². The van der Waals surface area contributed by atoms with Crippen molar-refractivity contribution in [2.24, 2.45) is 0 Å². The Hall–Kier alpha value is -2.57. The molecule has 0 saturated heterocycles. The lowest BCUT2D eigenvalue weighted by Gasteiger charge is -2.08. The minimum atomic E-state index is -0.141. The summed E-state index contributed by atoms with van der Waals surface area (Å²) in [7, 11) is 0. The first-order valence-corrected chi connectivity index (χ1v) is 9.81. The summed E-state index contributed by atoms with van der Waals surface area (Å²) >= 11 is 7.45. The van der Waals surface area contributed by atoms with Crippen molar-refractivity contribution in [1.82, 2.24) is 14.6 Å². The number of para-hydroxylation sites is 1. The van der Waals surface area contributed by atoms with E-state index >= 15 is 0 Å². The molecule has 2 aromatic heterocycles. The number of halogens is 1. The maximum absolute atomic E-state index is 12.3. The van der Waals surface area contributed by atoms with E-state index in [1.54, 1.807) is 12.1 Å². The van der Waals surface area contributed by atoms with Crippen molar-refractivity contribution < 1.29 is 4.79 Å². The Morgan fingerprint density at radius 1 is 1.15 bits per heavy atom. The second-order valence-corrected chi connectivity index (χ2v) is 7.70. The summed E-state index contributed by atoms with van der Waals surface area (Å²) in [5.41, 5.74) is 4.68. The number of pyridine rings is 1. The standard InChI is InChI=1S/C20H17ClN4OS/c1-12-7-8-17-14(9-12)10-13(2)19-23-24-20(25(17)19)27-11-18(26)22-16-6-4-3-5-15(16)21/h3-10H,11H2,1-2H3,(H,22,26). The smallest absolute Gasteiger partial charge is 0.234 e. The number of carbonyl (C=O) groups excluding carboxylic acids is 1. The fourth-order valence-corrected chi connectivity index (χ4v) is 3.93. The molecule has 0 saturated carbocycles. The molecule has 2 heterocycles. The number of thioether (sulfide) groups is 1. The number of nitrogens with zero attached hydrogens (tertiary/aromatic N) is 3. The SMILES string of the molecule is Cc1ccc2c(c1)cc(C)c1nnc(SCC(=O)Nc3ccccc3Cl)n12. The Balaban J connectivity index is 1.62. The van der Waals surface area contributed by atoms with Crippen molar-refractivity contribution in [3.05, 3.63) is 64.7 Å². The van der Waals surface area contributed by atoms with Crippen LogP contribution >= 0.6 is 23.4 Å². The van der Waals surface area contributed by atoms with Gasteiger partial charge in [0, 0.05) is 0 Å². The van der Waals surface area contributed by atoms with Gasteiger partial charge in [0.2, 0.25) is 5.91 Å². The van der Waals surface area contributed by atoms with Crippen molar-refractivity contribution in [2.45, 2.75) is 19.0 Å². The lowest BCUT2D eigenvalue weighted by atomic mass is 10.1. The second kappa shape index (κ2) is 7.21. The van der Waals surface area contributed by atoms with Gasteiger partial charge >= 0.3 is 0 Å². The largest absolute Gasteiger partial charge is 0.324 e. The Morgan fingerprint density at radius 3 is 2.78 bits per heavy atom. The van der Waals surface area contributed by atoms with E-state index in [1.807, 2.05) is 23.5 Å². The predicted octanol–water partition coefficient (Wildman–Crippen LogP) is 4.88. The van der Waals surface area contributed by atoms with Crippen LogP contribution in [0.1, 0.15) is 11.1 Å². The van der Waals surface area contributed by atoms with E-state index in [1.165, 1.54) is 17.3 Å². The minimum Gasteiger partial charge on any atom is -0.324 e. The molecule has 0 aliphatic rings. The topological polar surface area (TPSA) is 59.3 Å². The average Bonchev–Trinajstić information content (AvgIpc) is 3.07. The number of hydrogen-bond donors (Lipinski definition) is 1. The summed E-state index contributed by atoms with van der Waals surface area (Å²) in [6.07, 6.45) is 0. The number of anilines is 1. The number of fused-ring (bicyclic) bond motifs is 3. The van der Waals surface area contributed by atoms with Gasteiger partial charge < -0.3 is 5.32 Å². The van der Waals surface area contributed by atoms with Gasteiger partial charge in [-0.1, -0.05) is 47.1 Å². The molecule has 1 amide bonds. The van der Waals surface area contributed by atoms with Gasteiger partial charge in [-0.15, -0.1) is 10.2 Å². The maximum Gasteiger partial charge on any atom is 0.234 e. The molecule has 0 bridgehead atoms. The van der Waals surface area contributed by atoms with Crippen molar-refractivity contribution in [2.75, 3.05) is 11.1 Å². The van der Waals surface area contributed by atoms with E-state index in [-0.39, 0.29) is 11.7 Å². The van der Waals surface area contributed by atoms with Crippen molar-refractivity contribution in [3.8, 4) is 0 Å². The summed E-state index contributed by atoms with van der Waals surface area (Å²) < 4.78 is 2.01. The van der Waals surface area contributed by atoms with Crippen LogP contribution in [0.15, 0.2) is 53.7 Å². The van der Waals surface area contributed by atoms with Crippen LogP contribution in [0.4, 0.5) is 5.69 Å². The van der Waals surface area contributed by atoms with Crippen LogP contribution in [0.25, 0.3) is 16.6 Å². The molecule has 1 N–H and O–H groups in total. The molecule has 136 valence electrons. The quantitative estimate of drug-likeness (QED) is 0.499. The van der Waals surface area contributed by atoms with Crippen LogP contribution < -0.4 is 5.32 Å². The number of aryl methyl sites for hydroxylation is 2. The van der Waals surface area contributed by atoms with E-state index in [0.717, 1.165) is 22.1 Å². The Kier molecular flexibility index (Phi) is 4.76. The highest BCUT2D eigenvalue weighted by atomic mass is 35.5. The summed E-state index contributed by atoms with van der Waals surface area (Å²) in [5, 5.41) is 13.8. The van der Waals surface area contributed by atoms with Crippen LogP contribution in [0, 0.1) is 13.8 Å². The first kappa shape index (κ1) is 17.8. The van der Waals surface area contributed by atoms with Gasteiger partial charge in [-0.3, -0.25) is 9.20 Å². The second-order valence-electron chi connectivity index (χ2n) is 6.35. The third kappa shape index (κ3) is 3.50. The molecule has 4 aromatic rings. The number of nitrogens with one attached hydrogen (secondary N) is 1. The first-order chi connectivity index (χ1) is 13.0. The Labute approximate surface area is 165 Å². The van der Waals surface area contributed by atoms with Crippen LogP contribution in [-0.4, -0.2) is 26.3 Å². The number of benzene rings is 2. The highest BCUT2D eigenvalue weighted by molar-refractivity contribution is 7.99. The van der Waals surface area contributed by atoms with Crippen LogP contribution in [0.5, 0.6) is 0 Å². The predicted molar refractivity (Wildman–Crippen MR) is 111 cm³/mol. The van der Waals surface area contributed by atoms with Gasteiger partial charge in [0.1, 0.15) is 0 Å². The van der Waals surface area contributed by atoms with Gasteiger partial charge in [-0.25, -0.2) is 0 Å². The lowest BCUT2D eigenvalue weighted by molar-refractivity contribution is -0.113. The molecular formula is C20H17ClN4OS. The lowest BCUT2D eigenvalue weighted by Crippen LogP contribution is -2.14. The van der Waals surface area contributed by atoms with E-state index in [9.17, 15) is 4.79 Å². The minimum absolute atomic E-state index is 0.141. The fraction of sp³-hybridized carbons (Fsp3) is 0.150. The van der Waals surface area contributed by atoms with E-state index in [2.05, 4.69) is 46.7 Å². The molecule has 0 radical (unpaired) electrons. The molecule has 27 heavy (non-hydrogen) atoms. The molecule has 0 spiro atoms. The Bertz CT molecular complexity index is 1170. The zero-order valence-electron chi connectivity index (χ0n) is 14.9. The number of amides is 1. The molecule has 0 aliphatic carbocycles. The molecule has 0 unspecified atom stereocenters. The van der Waals surface area contributed by atoms with Crippen LogP contribution in [0.2, 0.25) is 5.02 Å². The van der Waals surface area contributed by atoms with E-state index in [0.29, 0.717) is 15.9 Å². The molecule has 0 fully saturated rings. The zero-order chi connectivity index (χ0) is 19.0. The van der Waals surface area contributed by atoms with Gasteiger partial charge in [-0.05, 0) is 55.1 Å². The third-order valence-corrected chi connectivity index (χ3v) is 5.52. The number of rotatable bonds is 4. The van der Waals surface area contributed by atoms with Crippen LogP contribution in [-0.2, 0) is 4.79 Å². The van der Waals surface area contributed by atoms with Gasteiger partial charge in [0.15, 0.2) is 10.8 Å². The highest BCUT2D eigenvalue weighted by Gasteiger charge is 2.14. The number of carbonyl (C=O) groups is 1. The number of hydrogen-bond acceptors (Lipinski definition) is 4. The fourth-order valence-electron chi connectivity index (χ4n) is 3.01. The van der Waals surface area contributed by atoms with Crippen molar-refractivity contribution >= 4 is 51.5 Å². The molecule has 7 heteroatoms. The van der Waals surface area contributed by atoms with Gasteiger partial charge in [0.25, 0.3) is 0 Å². The molecule has 0 aliphatic heterocycles. The van der Waals surface area contributed by atoms with Crippen molar-refractivity contribution in [1.29, 1.82) is 0 Å². The molecule has 4 rings (SSSR count). The summed E-state index contributed by atoms with van der Waals surface area (Å²) in [5.74, 6) is 0.0745. The van der Waals surface area contributed by atoms with Gasteiger partial charge in [0.05, 0.1) is 22.0 Å². The summed E-state index contributed by atoms with van der Waals surface area (Å²) in [6.45, 7) is 4.09.